The third-order valence-electron chi connectivity index (χ3n) is 4.75. The van der Waals surface area contributed by atoms with Gasteiger partial charge < -0.3 is 4.74 Å². The van der Waals surface area contributed by atoms with Crippen LogP contribution in [0.4, 0.5) is 0 Å². The second kappa shape index (κ2) is 9.05. The molecule has 0 N–H and O–H groups in total. The van der Waals surface area contributed by atoms with Crippen molar-refractivity contribution in [2.45, 2.75) is 19.1 Å². The highest BCUT2D eigenvalue weighted by Gasteiger charge is 2.39. The highest BCUT2D eigenvalue weighted by Crippen LogP contribution is 2.22. The average molecular weight is 423 g/mol. The minimum atomic E-state index is -3.65. The standard InChI is InChI=1S/C20H23ClN2O4S/c1-27-20(24)19-15-22(13-16-6-3-2-4-7-16)10-11-28(25,26)23(19)14-17-8-5-9-18(21)12-17/h2-9,12,19H,10-11,13-15H2,1H3. The number of ether oxygens (including phenoxy) is 1. The van der Waals surface area contributed by atoms with Crippen LogP contribution in [0.15, 0.2) is 54.6 Å². The van der Waals surface area contributed by atoms with Gasteiger partial charge in [0.25, 0.3) is 0 Å². The Kier molecular flexibility index (Phi) is 6.72. The molecule has 1 aliphatic rings. The average Bonchev–Trinajstić information content (AvgIpc) is 2.80. The first-order chi connectivity index (χ1) is 13.4. The number of hydrogen-bond acceptors (Lipinski definition) is 5. The van der Waals surface area contributed by atoms with E-state index in [1.54, 1.807) is 24.3 Å². The van der Waals surface area contributed by atoms with E-state index >= 15 is 0 Å². The molecule has 0 saturated carbocycles. The lowest BCUT2D eigenvalue weighted by Crippen LogP contribution is -2.48. The summed E-state index contributed by atoms with van der Waals surface area (Å²) in [5.41, 5.74) is 1.79. The number of halogens is 1. The molecule has 1 heterocycles. The van der Waals surface area contributed by atoms with Crippen molar-refractivity contribution in [1.82, 2.24) is 9.21 Å². The van der Waals surface area contributed by atoms with Crippen molar-refractivity contribution in [2.24, 2.45) is 0 Å². The first kappa shape index (κ1) is 20.8. The zero-order chi connectivity index (χ0) is 20.1. The van der Waals surface area contributed by atoms with Crippen LogP contribution in [0, 0.1) is 0 Å². The second-order valence-corrected chi connectivity index (χ2v) is 9.23. The quantitative estimate of drug-likeness (QED) is 0.693. The maximum absolute atomic E-state index is 13.0. The summed E-state index contributed by atoms with van der Waals surface area (Å²) in [4.78, 5) is 14.5. The summed E-state index contributed by atoms with van der Waals surface area (Å²) < 4.78 is 32.1. The van der Waals surface area contributed by atoms with Gasteiger partial charge in [0.1, 0.15) is 6.04 Å². The van der Waals surface area contributed by atoms with Gasteiger partial charge in [0.05, 0.1) is 12.9 Å². The Morgan fingerprint density at radius 2 is 1.82 bits per heavy atom. The Morgan fingerprint density at radius 1 is 1.11 bits per heavy atom. The number of benzene rings is 2. The number of nitrogens with zero attached hydrogens (tertiary/aromatic N) is 2. The molecule has 1 unspecified atom stereocenters. The fraction of sp³-hybridized carbons (Fsp3) is 0.350. The van der Waals surface area contributed by atoms with E-state index in [1.165, 1.54) is 11.4 Å². The van der Waals surface area contributed by atoms with E-state index < -0.39 is 22.0 Å². The van der Waals surface area contributed by atoms with Gasteiger partial charge in [-0.15, -0.1) is 0 Å². The molecule has 2 aromatic rings. The summed E-state index contributed by atoms with van der Waals surface area (Å²) in [5, 5.41) is 0.519. The van der Waals surface area contributed by atoms with E-state index in [1.807, 2.05) is 35.2 Å². The number of methoxy groups -OCH3 is 1. The number of hydrogen-bond donors (Lipinski definition) is 0. The Bertz CT molecular complexity index is 921. The molecule has 6 nitrogen and oxygen atoms in total. The number of rotatable bonds is 5. The molecular weight excluding hydrogens is 400 g/mol. The zero-order valence-corrected chi connectivity index (χ0v) is 17.2. The Morgan fingerprint density at radius 3 is 2.50 bits per heavy atom. The van der Waals surface area contributed by atoms with Crippen LogP contribution in [-0.2, 0) is 32.6 Å². The predicted molar refractivity (Wildman–Crippen MR) is 108 cm³/mol. The van der Waals surface area contributed by atoms with Crippen LogP contribution in [0.3, 0.4) is 0 Å². The molecule has 0 aromatic heterocycles. The molecule has 1 fully saturated rings. The van der Waals surface area contributed by atoms with E-state index in [9.17, 15) is 13.2 Å². The van der Waals surface area contributed by atoms with Gasteiger partial charge in [0, 0.05) is 31.2 Å². The number of esters is 1. The first-order valence-corrected chi connectivity index (χ1v) is 11.0. The van der Waals surface area contributed by atoms with Gasteiger partial charge in [-0.1, -0.05) is 54.1 Å². The third-order valence-corrected chi connectivity index (χ3v) is 6.78. The number of sulfonamides is 1. The smallest absolute Gasteiger partial charge is 0.325 e. The summed E-state index contributed by atoms with van der Waals surface area (Å²) in [6.07, 6.45) is 0. The maximum atomic E-state index is 13.0. The van der Waals surface area contributed by atoms with Crippen LogP contribution in [0.5, 0.6) is 0 Å². The molecule has 28 heavy (non-hydrogen) atoms. The molecule has 0 radical (unpaired) electrons. The van der Waals surface area contributed by atoms with Crippen molar-refractivity contribution < 1.29 is 17.9 Å². The van der Waals surface area contributed by atoms with Crippen molar-refractivity contribution >= 4 is 27.6 Å². The van der Waals surface area contributed by atoms with Gasteiger partial charge in [-0.05, 0) is 23.3 Å². The fourth-order valence-corrected chi connectivity index (χ4v) is 5.14. The molecule has 3 rings (SSSR count). The van der Waals surface area contributed by atoms with Crippen molar-refractivity contribution in [3.63, 3.8) is 0 Å². The molecular formula is C20H23ClN2O4S. The van der Waals surface area contributed by atoms with Gasteiger partial charge in [0.15, 0.2) is 0 Å². The lowest BCUT2D eigenvalue weighted by molar-refractivity contribution is -0.145. The topological polar surface area (TPSA) is 66.9 Å². The Hall–Kier alpha value is -1.93. The molecule has 1 aliphatic heterocycles. The van der Waals surface area contributed by atoms with Gasteiger partial charge in [0.2, 0.25) is 10.0 Å². The summed E-state index contributed by atoms with van der Waals surface area (Å²) in [6.45, 7) is 1.24. The molecule has 0 amide bonds. The van der Waals surface area contributed by atoms with Crippen molar-refractivity contribution in [3.8, 4) is 0 Å². The highest BCUT2D eigenvalue weighted by atomic mass is 35.5. The van der Waals surface area contributed by atoms with E-state index in [0.717, 1.165) is 11.1 Å². The molecule has 1 saturated heterocycles. The lowest BCUT2D eigenvalue weighted by Gasteiger charge is -2.28. The molecule has 1 atom stereocenters. The molecule has 0 spiro atoms. The van der Waals surface area contributed by atoms with Crippen molar-refractivity contribution in [3.05, 3.63) is 70.7 Å². The summed E-state index contributed by atoms with van der Waals surface area (Å²) >= 11 is 6.04. The second-order valence-electron chi connectivity index (χ2n) is 6.75. The fourth-order valence-electron chi connectivity index (χ4n) is 3.32. The van der Waals surface area contributed by atoms with E-state index in [0.29, 0.717) is 18.1 Å². The summed E-state index contributed by atoms with van der Waals surface area (Å²) in [6, 6.07) is 15.8. The lowest BCUT2D eigenvalue weighted by atomic mass is 10.1. The van der Waals surface area contributed by atoms with E-state index in [4.69, 9.17) is 16.3 Å². The van der Waals surface area contributed by atoms with Crippen LogP contribution in [-0.4, -0.2) is 55.6 Å². The summed E-state index contributed by atoms with van der Waals surface area (Å²) in [7, 11) is -2.38. The molecule has 8 heteroatoms. The van der Waals surface area contributed by atoms with Gasteiger partial charge in [-0.25, -0.2) is 8.42 Å². The van der Waals surface area contributed by atoms with Gasteiger partial charge >= 0.3 is 5.97 Å². The van der Waals surface area contributed by atoms with Crippen LogP contribution in [0.1, 0.15) is 11.1 Å². The SMILES string of the molecule is COC(=O)C1CN(Cc2ccccc2)CCS(=O)(=O)N1Cc1cccc(Cl)c1. The van der Waals surface area contributed by atoms with Crippen LogP contribution in [0.25, 0.3) is 0 Å². The van der Waals surface area contributed by atoms with Crippen LogP contribution >= 0.6 is 11.6 Å². The van der Waals surface area contributed by atoms with Gasteiger partial charge in [-0.3, -0.25) is 9.69 Å². The van der Waals surface area contributed by atoms with E-state index in [2.05, 4.69) is 0 Å². The third kappa shape index (κ3) is 5.11. The van der Waals surface area contributed by atoms with E-state index in [-0.39, 0.29) is 18.8 Å². The Balaban J connectivity index is 1.89. The number of carbonyl (C=O) groups is 1. The van der Waals surface area contributed by atoms with Crippen LogP contribution < -0.4 is 0 Å². The number of carbonyl (C=O) groups excluding carboxylic acids is 1. The minimum Gasteiger partial charge on any atom is -0.468 e. The van der Waals surface area contributed by atoms with Gasteiger partial charge in [-0.2, -0.15) is 4.31 Å². The summed E-state index contributed by atoms with van der Waals surface area (Å²) in [5.74, 6) is -0.626. The highest BCUT2D eigenvalue weighted by molar-refractivity contribution is 7.89. The Labute approximate surface area is 170 Å². The van der Waals surface area contributed by atoms with Crippen LogP contribution in [0.2, 0.25) is 5.02 Å². The predicted octanol–water partition coefficient (Wildman–Crippen LogP) is 2.53. The molecule has 0 aliphatic carbocycles. The normalized spacial score (nSPS) is 20.4. The van der Waals surface area contributed by atoms with Crippen molar-refractivity contribution in [1.29, 1.82) is 0 Å². The molecule has 0 bridgehead atoms. The monoisotopic (exact) mass is 422 g/mol. The minimum absolute atomic E-state index is 0.0616. The zero-order valence-electron chi connectivity index (χ0n) is 15.6. The first-order valence-electron chi connectivity index (χ1n) is 8.97. The maximum Gasteiger partial charge on any atom is 0.325 e. The molecule has 2 aromatic carbocycles. The molecule has 150 valence electrons. The van der Waals surface area contributed by atoms with Crippen molar-refractivity contribution in [2.75, 3.05) is 26.0 Å². The largest absolute Gasteiger partial charge is 0.468 e.